The molecular formula is C24H24N2O4S. The van der Waals surface area contributed by atoms with Crippen LogP contribution in [0.5, 0.6) is 11.5 Å². The third-order valence-corrected chi connectivity index (χ3v) is 6.51. The topological polar surface area (TPSA) is 84.5 Å². The predicted octanol–water partition coefficient (Wildman–Crippen LogP) is 5.45. The molecule has 0 fully saturated rings. The van der Waals surface area contributed by atoms with Crippen LogP contribution in [0.25, 0.3) is 0 Å². The van der Waals surface area contributed by atoms with Gasteiger partial charge in [-0.15, -0.1) is 0 Å². The molecule has 0 aromatic heterocycles. The zero-order chi connectivity index (χ0) is 22.4. The number of ether oxygens (including phenoxy) is 1. The van der Waals surface area contributed by atoms with E-state index in [0.29, 0.717) is 17.2 Å². The van der Waals surface area contributed by atoms with E-state index in [1.54, 1.807) is 30.3 Å². The molecule has 0 atom stereocenters. The predicted molar refractivity (Wildman–Crippen MR) is 122 cm³/mol. The molecule has 0 spiro atoms. The maximum Gasteiger partial charge on any atom is 0.261 e. The van der Waals surface area contributed by atoms with E-state index in [9.17, 15) is 13.2 Å². The van der Waals surface area contributed by atoms with E-state index < -0.39 is 10.0 Å². The van der Waals surface area contributed by atoms with Gasteiger partial charge in [-0.05, 0) is 65.9 Å². The average molecular weight is 437 g/mol. The molecule has 3 aromatic rings. The Morgan fingerprint density at radius 2 is 1.58 bits per heavy atom. The smallest absolute Gasteiger partial charge is 0.261 e. The molecule has 4 rings (SSSR count). The molecule has 0 saturated heterocycles. The number of hydrogen-bond acceptors (Lipinski definition) is 4. The summed E-state index contributed by atoms with van der Waals surface area (Å²) in [6.07, 6.45) is 0. The fourth-order valence-corrected chi connectivity index (χ4v) is 4.40. The Morgan fingerprint density at radius 1 is 0.903 bits per heavy atom. The van der Waals surface area contributed by atoms with Gasteiger partial charge in [0.25, 0.3) is 15.9 Å². The first-order valence-electron chi connectivity index (χ1n) is 9.90. The Labute approximate surface area is 182 Å². The van der Waals surface area contributed by atoms with Crippen molar-refractivity contribution in [2.45, 2.75) is 38.0 Å². The summed E-state index contributed by atoms with van der Waals surface area (Å²) in [6.45, 7) is 8.12. The second-order valence-corrected chi connectivity index (χ2v) is 10.3. The molecule has 1 amide bonds. The summed E-state index contributed by atoms with van der Waals surface area (Å²) in [7, 11) is -3.81. The third-order valence-electron chi connectivity index (χ3n) is 5.11. The molecule has 0 saturated carbocycles. The quantitative estimate of drug-likeness (QED) is 0.572. The highest BCUT2D eigenvalue weighted by atomic mass is 32.2. The summed E-state index contributed by atoms with van der Waals surface area (Å²) in [4.78, 5) is 12.9. The van der Waals surface area contributed by atoms with Gasteiger partial charge in [0.15, 0.2) is 5.75 Å². The van der Waals surface area contributed by atoms with Crippen LogP contribution in [0, 0.1) is 6.92 Å². The minimum absolute atomic E-state index is 0.0732. The molecule has 0 radical (unpaired) electrons. The summed E-state index contributed by atoms with van der Waals surface area (Å²) in [5.74, 6) is 0.525. The fourth-order valence-electron chi connectivity index (χ4n) is 3.35. The molecule has 1 aliphatic heterocycles. The second-order valence-electron chi connectivity index (χ2n) is 8.65. The Morgan fingerprint density at radius 3 is 2.26 bits per heavy atom. The van der Waals surface area contributed by atoms with Crippen molar-refractivity contribution in [1.82, 2.24) is 0 Å². The van der Waals surface area contributed by atoms with Gasteiger partial charge in [0.2, 0.25) is 0 Å². The lowest BCUT2D eigenvalue weighted by Gasteiger charge is -2.19. The van der Waals surface area contributed by atoms with Crippen LogP contribution in [0.2, 0.25) is 0 Å². The van der Waals surface area contributed by atoms with E-state index in [0.717, 1.165) is 11.1 Å². The molecule has 31 heavy (non-hydrogen) atoms. The van der Waals surface area contributed by atoms with Gasteiger partial charge in [0.05, 0.1) is 16.1 Å². The number of nitrogens with one attached hydrogen (secondary N) is 2. The third kappa shape index (κ3) is 4.27. The number of hydrogen-bond donors (Lipinski definition) is 2. The number of benzene rings is 3. The van der Waals surface area contributed by atoms with Crippen molar-refractivity contribution in [2.24, 2.45) is 0 Å². The van der Waals surface area contributed by atoms with Gasteiger partial charge in [0, 0.05) is 5.69 Å². The molecule has 7 heteroatoms. The first-order chi connectivity index (χ1) is 14.5. The van der Waals surface area contributed by atoms with Crippen LogP contribution in [0.1, 0.15) is 42.3 Å². The Bertz CT molecular complexity index is 1270. The highest BCUT2D eigenvalue weighted by Crippen LogP contribution is 2.37. The van der Waals surface area contributed by atoms with Gasteiger partial charge in [0.1, 0.15) is 5.75 Å². The van der Waals surface area contributed by atoms with Crippen molar-refractivity contribution in [2.75, 3.05) is 10.0 Å². The number of fused-ring (bicyclic) bond motifs is 2. The number of carbonyl (C=O) groups is 1. The van der Waals surface area contributed by atoms with E-state index in [4.69, 9.17) is 4.74 Å². The molecule has 6 nitrogen and oxygen atoms in total. The molecular weight excluding hydrogens is 412 g/mol. The standard InChI is InChI=1S/C24H24N2O4S/c1-15-5-11-22-20(13-15)25-23(27)19-14-17(8-12-21(19)30-22)26-31(28,29)18-9-6-16(7-10-18)24(2,3)4/h5-14,26H,1-4H3,(H,25,27). The molecule has 1 heterocycles. The number of aryl methyl sites for hydroxylation is 1. The lowest BCUT2D eigenvalue weighted by Crippen LogP contribution is -2.16. The molecule has 0 bridgehead atoms. The van der Waals surface area contributed by atoms with E-state index >= 15 is 0 Å². The molecule has 2 N–H and O–H groups in total. The summed E-state index contributed by atoms with van der Waals surface area (Å²) in [6, 6.07) is 16.9. The van der Waals surface area contributed by atoms with Crippen molar-refractivity contribution < 1.29 is 17.9 Å². The summed E-state index contributed by atoms with van der Waals surface area (Å²) < 4.78 is 34.1. The first kappa shape index (κ1) is 20.9. The van der Waals surface area contributed by atoms with E-state index in [1.165, 1.54) is 6.07 Å². The Hall–Kier alpha value is -3.32. The van der Waals surface area contributed by atoms with Crippen LogP contribution < -0.4 is 14.8 Å². The monoisotopic (exact) mass is 436 g/mol. The molecule has 1 aliphatic rings. The maximum atomic E-state index is 12.9. The van der Waals surface area contributed by atoms with Crippen LogP contribution in [-0.4, -0.2) is 14.3 Å². The largest absolute Gasteiger partial charge is 0.454 e. The van der Waals surface area contributed by atoms with Crippen LogP contribution in [0.4, 0.5) is 11.4 Å². The summed E-state index contributed by atoms with van der Waals surface area (Å²) in [5.41, 5.74) is 3.05. The number of sulfonamides is 1. The number of rotatable bonds is 3. The maximum absolute atomic E-state index is 12.9. The lowest BCUT2D eigenvalue weighted by molar-refractivity contribution is 0.102. The Kier molecular flexibility index (Phi) is 5.01. The van der Waals surface area contributed by atoms with Gasteiger partial charge in [-0.1, -0.05) is 39.0 Å². The second kappa shape index (κ2) is 7.42. The zero-order valence-corrected chi connectivity index (χ0v) is 18.6. The number of anilines is 2. The van der Waals surface area contributed by atoms with Crippen LogP contribution >= 0.6 is 0 Å². The highest BCUT2D eigenvalue weighted by molar-refractivity contribution is 7.92. The number of amides is 1. The molecule has 3 aromatic carbocycles. The minimum atomic E-state index is -3.81. The molecule has 0 aliphatic carbocycles. The van der Waals surface area contributed by atoms with Crippen LogP contribution in [0.3, 0.4) is 0 Å². The molecule has 0 unspecified atom stereocenters. The lowest BCUT2D eigenvalue weighted by atomic mass is 9.87. The molecule has 160 valence electrons. The highest BCUT2D eigenvalue weighted by Gasteiger charge is 2.23. The first-order valence-corrected chi connectivity index (χ1v) is 11.4. The fraction of sp³-hybridized carbons (Fsp3) is 0.208. The summed E-state index contributed by atoms with van der Waals surface area (Å²) in [5, 5.41) is 2.82. The van der Waals surface area contributed by atoms with Crippen molar-refractivity contribution in [3.63, 3.8) is 0 Å². The van der Waals surface area contributed by atoms with Crippen molar-refractivity contribution in [1.29, 1.82) is 0 Å². The van der Waals surface area contributed by atoms with E-state index in [1.807, 2.05) is 31.2 Å². The van der Waals surface area contributed by atoms with Crippen LogP contribution in [0.15, 0.2) is 65.6 Å². The van der Waals surface area contributed by atoms with Gasteiger partial charge in [-0.25, -0.2) is 8.42 Å². The zero-order valence-electron chi connectivity index (χ0n) is 17.8. The van der Waals surface area contributed by atoms with Gasteiger partial charge < -0.3 is 10.1 Å². The minimum Gasteiger partial charge on any atom is -0.454 e. The van der Waals surface area contributed by atoms with Gasteiger partial charge in [-0.2, -0.15) is 0 Å². The van der Waals surface area contributed by atoms with E-state index in [-0.39, 0.29) is 27.5 Å². The Balaban J connectivity index is 1.62. The normalized spacial score (nSPS) is 13.4. The van der Waals surface area contributed by atoms with Crippen LogP contribution in [-0.2, 0) is 15.4 Å². The van der Waals surface area contributed by atoms with Gasteiger partial charge in [-0.3, -0.25) is 9.52 Å². The average Bonchev–Trinajstić information content (AvgIpc) is 2.83. The number of carbonyl (C=O) groups excluding carboxylic acids is 1. The van der Waals surface area contributed by atoms with Crippen molar-refractivity contribution in [3.8, 4) is 11.5 Å². The SMILES string of the molecule is Cc1ccc2c(c1)NC(=O)c1cc(NS(=O)(=O)c3ccc(C(C)(C)C)cc3)ccc1O2. The van der Waals surface area contributed by atoms with Gasteiger partial charge >= 0.3 is 0 Å². The van der Waals surface area contributed by atoms with Crippen molar-refractivity contribution >= 4 is 27.3 Å². The van der Waals surface area contributed by atoms with E-state index in [2.05, 4.69) is 30.8 Å². The van der Waals surface area contributed by atoms with Crippen molar-refractivity contribution in [3.05, 3.63) is 77.4 Å². The summed E-state index contributed by atoms with van der Waals surface area (Å²) >= 11 is 0.